The Labute approximate surface area is 207 Å². The lowest BCUT2D eigenvalue weighted by molar-refractivity contribution is -0.132. The molecule has 0 aromatic heterocycles. The van der Waals surface area contributed by atoms with Crippen LogP contribution in [0.1, 0.15) is 24.0 Å². The number of carbonyl (C=O) groups is 1. The molecule has 3 N–H and O–H groups in total. The molecule has 1 amide bonds. The number of hydrogen-bond acceptors (Lipinski definition) is 5. The molecule has 0 radical (unpaired) electrons. The molecule has 7 nitrogen and oxygen atoms in total. The number of ether oxygens (including phenoxy) is 1. The summed E-state index contributed by atoms with van der Waals surface area (Å²) in [6.45, 7) is 1.94. The van der Waals surface area contributed by atoms with Crippen molar-refractivity contribution in [2.45, 2.75) is 29.9 Å². The lowest BCUT2D eigenvalue weighted by Gasteiger charge is -2.18. The van der Waals surface area contributed by atoms with Crippen molar-refractivity contribution in [3.63, 3.8) is 0 Å². The minimum atomic E-state index is -4.09. The number of amides is 1. The highest BCUT2D eigenvalue weighted by molar-refractivity contribution is 7.89. The summed E-state index contributed by atoms with van der Waals surface area (Å²) in [4.78, 5) is 12.6. The Kier molecular flexibility index (Phi) is 6.89. The highest BCUT2D eigenvalue weighted by Crippen LogP contribution is 2.58. The molecule has 0 spiro atoms. The maximum Gasteiger partial charge on any atom is 0.265 e. The Balaban J connectivity index is 1.51. The van der Waals surface area contributed by atoms with Crippen LogP contribution in [0, 0.1) is 5.92 Å². The first-order valence-corrected chi connectivity index (χ1v) is 12.6. The van der Waals surface area contributed by atoms with Gasteiger partial charge < -0.3 is 4.74 Å². The standard InChI is InChI=1S/C24H22Cl2N2O5S/c1-15-22(16-5-3-2-4-6-16)24(15,23(29)27-30)28-34(31,32)20-11-9-19(10-12-20)33-14-17-7-8-18(25)13-21(17)26/h2-13,15,22,28,30H,14H2,1H3,(H,27,29)/t15?,22-,24-/m0/s1. The third-order valence-electron chi connectivity index (χ3n) is 6.08. The highest BCUT2D eigenvalue weighted by Gasteiger charge is 2.69. The van der Waals surface area contributed by atoms with Gasteiger partial charge in [-0.3, -0.25) is 10.0 Å². The molecule has 3 atom stereocenters. The van der Waals surface area contributed by atoms with Crippen molar-refractivity contribution in [2.75, 3.05) is 0 Å². The molecule has 0 aliphatic heterocycles. The fourth-order valence-electron chi connectivity index (χ4n) is 4.21. The second kappa shape index (κ2) is 9.56. The smallest absolute Gasteiger partial charge is 0.265 e. The molecule has 3 aromatic carbocycles. The maximum absolute atomic E-state index is 13.2. The van der Waals surface area contributed by atoms with Crippen molar-refractivity contribution < 1.29 is 23.2 Å². The van der Waals surface area contributed by atoms with E-state index in [4.69, 9.17) is 27.9 Å². The zero-order valence-electron chi connectivity index (χ0n) is 18.0. The number of nitrogens with one attached hydrogen (secondary N) is 2. The first-order valence-electron chi connectivity index (χ1n) is 10.4. The average Bonchev–Trinajstić information content (AvgIpc) is 3.41. The van der Waals surface area contributed by atoms with Gasteiger partial charge in [-0.15, -0.1) is 0 Å². The molecule has 1 aliphatic rings. The summed E-state index contributed by atoms with van der Waals surface area (Å²) in [5, 5.41) is 10.3. The van der Waals surface area contributed by atoms with Crippen LogP contribution in [0.2, 0.25) is 10.0 Å². The molecule has 0 saturated heterocycles. The summed E-state index contributed by atoms with van der Waals surface area (Å²) in [6.07, 6.45) is 0. The Hall–Kier alpha value is -2.62. The molecule has 1 aliphatic carbocycles. The molecule has 1 unspecified atom stereocenters. The van der Waals surface area contributed by atoms with Crippen LogP contribution in [-0.4, -0.2) is 25.1 Å². The molecule has 4 rings (SSSR count). The number of hydrogen-bond donors (Lipinski definition) is 3. The van der Waals surface area contributed by atoms with Crippen molar-refractivity contribution in [1.29, 1.82) is 0 Å². The molecule has 178 valence electrons. The van der Waals surface area contributed by atoms with Gasteiger partial charge in [-0.1, -0.05) is 66.5 Å². The van der Waals surface area contributed by atoms with E-state index >= 15 is 0 Å². The summed E-state index contributed by atoms with van der Waals surface area (Å²) in [6, 6.07) is 20.0. The van der Waals surface area contributed by atoms with Crippen LogP contribution >= 0.6 is 23.2 Å². The summed E-state index contributed by atoms with van der Waals surface area (Å²) in [5.41, 5.74) is 1.64. The summed E-state index contributed by atoms with van der Waals surface area (Å²) in [7, 11) is -4.09. The monoisotopic (exact) mass is 520 g/mol. The Morgan fingerprint density at radius 1 is 1.06 bits per heavy atom. The van der Waals surface area contributed by atoms with E-state index in [2.05, 4.69) is 4.72 Å². The van der Waals surface area contributed by atoms with Crippen LogP contribution in [0.25, 0.3) is 0 Å². The van der Waals surface area contributed by atoms with Crippen LogP contribution < -0.4 is 14.9 Å². The van der Waals surface area contributed by atoms with Gasteiger partial charge in [0.15, 0.2) is 0 Å². The van der Waals surface area contributed by atoms with Gasteiger partial charge in [0.25, 0.3) is 5.91 Å². The van der Waals surface area contributed by atoms with Gasteiger partial charge in [0.1, 0.15) is 17.9 Å². The Bertz CT molecular complexity index is 1300. The molecule has 0 bridgehead atoms. The van der Waals surface area contributed by atoms with Crippen molar-refractivity contribution in [3.8, 4) is 5.75 Å². The Morgan fingerprint density at radius 3 is 2.35 bits per heavy atom. The SMILES string of the molecule is CC1[C@@H](c2ccccc2)[C@]1(NS(=O)(=O)c1ccc(OCc2ccc(Cl)cc2Cl)cc1)C(=O)NO. The number of sulfonamides is 1. The van der Waals surface area contributed by atoms with Gasteiger partial charge in [-0.25, -0.2) is 13.9 Å². The summed E-state index contributed by atoms with van der Waals surface area (Å²) in [5.74, 6) is -1.17. The van der Waals surface area contributed by atoms with E-state index in [1.165, 1.54) is 24.3 Å². The second-order valence-corrected chi connectivity index (χ2v) is 10.6. The predicted molar refractivity (Wildman–Crippen MR) is 129 cm³/mol. The molecular weight excluding hydrogens is 499 g/mol. The fourth-order valence-corrected chi connectivity index (χ4v) is 6.14. The Morgan fingerprint density at radius 2 is 1.74 bits per heavy atom. The predicted octanol–water partition coefficient (Wildman–Crippen LogP) is 4.53. The quantitative estimate of drug-likeness (QED) is 0.299. The average molecular weight is 521 g/mol. The molecule has 1 fully saturated rings. The zero-order chi connectivity index (χ0) is 24.5. The second-order valence-electron chi connectivity index (χ2n) is 8.09. The fraction of sp³-hybridized carbons (Fsp3) is 0.208. The third-order valence-corrected chi connectivity index (χ3v) is 8.17. The van der Waals surface area contributed by atoms with Gasteiger partial charge in [-0.05, 0) is 47.9 Å². The van der Waals surface area contributed by atoms with Crippen LogP contribution in [0.5, 0.6) is 5.75 Å². The van der Waals surface area contributed by atoms with E-state index in [9.17, 15) is 18.4 Å². The largest absolute Gasteiger partial charge is 0.489 e. The lowest BCUT2D eigenvalue weighted by atomic mass is 10.1. The van der Waals surface area contributed by atoms with Crippen LogP contribution in [0.4, 0.5) is 0 Å². The molecule has 0 heterocycles. The van der Waals surface area contributed by atoms with Crippen molar-refractivity contribution in [1.82, 2.24) is 10.2 Å². The van der Waals surface area contributed by atoms with Crippen LogP contribution in [-0.2, 0) is 21.4 Å². The number of hydroxylamine groups is 1. The summed E-state index contributed by atoms with van der Waals surface area (Å²) >= 11 is 12.1. The number of carbonyl (C=O) groups excluding carboxylic acids is 1. The first-order chi connectivity index (χ1) is 16.2. The van der Waals surface area contributed by atoms with Gasteiger partial charge >= 0.3 is 0 Å². The molecule has 1 saturated carbocycles. The van der Waals surface area contributed by atoms with Crippen LogP contribution in [0.3, 0.4) is 0 Å². The van der Waals surface area contributed by atoms with Gasteiger partial charge in [0.2, 0.25) is 10.0 Å². The van der Waals surface area contributed by atoms with E-state index in [1.54, 1.807) is 30.6 Å². The van der Waals surface area contributed by atoms with Crippen LogP contribution in [0.15, 0.2) is 77.7 Å². The van der Waals surface area contributed by atoms with Crippen molar-refractivity contribution in [2.24, 2.45) is 5.92 Å². The topological polar surface area (TPSA) is 105 Å². The maximum atomic E-state index is 13.2. The molecule has 3 aromatic rings. The van der Waals surface area contributed by atoms with Gasteiger partial charge in [-0.2, -0.15) is 4.72 Å². The normalized spacial score (nSPS) is 21.6. The number of benzene rings is 3. The molecule has 10 heteroatoms. The van der Waals surface area contributed by atoms with E-state index in [0.29, 0.717) is 15.8 Å². The third kappa shape index (κ3) is 4.64. The number of rotatable bonds is 8. The van der Waals surface area contributed by atoms with E-state index in [0.717, 1.165) is 11.1 Å². The lowest BCUT2D eigenvalue weighted by Crippen LogP contribution is -2.50. The van der Waals surface area contributed by atoms with Gasteiger partial charge in [0, 0.05) is 21.5 Å². The first kappa shape index (κ1) is 24.5. The number of halogens is 2. The molecule has 34 heavy (non-hydrogen) atoms. The zero-order valence-corrected chi connectivity index (χ0v) is 20.4. The highest BCUT2D eigenvalue weighted by atomic mass is 35.5. The van der Waals surface area contributed by atoms with E-state index in [-0.39, 0.29) is 17.4 Å². The van der Waals surface area contributed by atoms with Gasteiger partial charge in [0.05, 0.1) is 4.90 Å². The minimum Gasteiger partial charge on any atom is -0.489 e. The minimum absolute atomic E-state index is 0.0413. The molecular formula is C24H22Cl2N2O5S. The van der Waals surface area contributed by atoms with Crippen molar-refractivity contribution >= 4 is 39.1 Å². The van der Waals surface area contributed by atoms with Crippen molar-refractivity contribution in [3.05, 3.63) is 94.0 Å². The van der Waals surface area contributed by atoms with E-state index < -0.39 is 27.4 Å². The summed E-state index contributed by atoms with van der Waals surface area (Å²) < 4.78 is 34.5. The van der Waals surface area contributed by atoms with E-state index in [1.807, 2.05) is 30.3 Å².